The van der Waals surface area contributed by atoms with Crippen LogP contribution in [0.25, 0.3) is 11.0 Å². The van der Waals surface area contributed by atoms with Gasteiger partial charge in [0.25, 0.3) is 0 Å². The summed E-state index contributed by atoms with van der Waals surface area (Å²) in [6.07, 6.45) is 2.26. The third kappa shape index (κ3) is 4.30. The van der Waals surface area contributed by atoms with E-state index in [4.69, 9.17) is 9.51 Å². The van der Waals surface area contributed by atoms with Gasteiger partial charge in [0.05, 0.1) is 17.9 Å². The molecule has 1 aliphatic rings. The molecule has 0 atom stereocenters. The van der Waals surface area contributed by atoms with Crippen molar-refractivity contribution in [1.29, 1.82) is 0 Å². The molecule has 0 unspecified atom stereocenters. The van der Waals surface area contributed by atoms with E-state index in [0.29, 0.717) is 24.4 Å². The van der Waals surface area contributed by atoms with Crippen LogP contribution in [0.3, 0.4) is 0 Å². The van der Waals surface area contributed by atoms with E-state index in [1.165, 1.54) is 12.1 Å². The average molecular weight is 410 g/mol. The Morgan fingerprint density at radius 2 is 2.10 bits per heavy atom. The van der Waals surface area contributed by atoms with E-state index in [-0.39, 0.29) is 17.1 Å². The molecule has 1 aliphatic heterocycles. The molecule has 0 saturated heterocycles. The van der Waals surface area contributed by atoms with Crippen LogP contribution >= 0.6 is 0 Å². The summed E-state index contributed by atoms with van der Waals surface area (Å²) in [7, 11) is 0. The summed E-state index contributed by atoms with van der Waals surface area (Å²) < 4.78 is 18.7. The van der Waals surface area contributed by atoms with Crippen molar-refractivity contribution in [3.05, 3.63) is 47.0 Å². The van der Waals surface area contributed by atoms with Gasteiger partial charge in [0, 0.05) is 24.4 Å². The highest BCUT2D eigenvalue weighted by Crippen LogP contribution is 2.32. The van der Waals surface area contributed by atoms with Gasteiger partial charge in [-0.25, -0.2) is 9.37 Å². The second-order valence-corrected chi connectivity index (χ2v) is 9.20. The Balaban J connectivity index is 1.58. The number of hydrogen-bond acceptors (Lipinski definition) is 5. The number of fused-ring (bicyclic) bond motifs is 2. The van der Waals surface area contributed by atoms with Gasteiger partial charge in [0.1, 0.15) is 17.3 Å². The molecule has 2 aromatic heterocycles. The number of benzene rings is 1. The van der Waals surface area contributed by atoms with Crippen LogP contribution in [0.4, 0.5) is 15.9 Å². The minimum Gasteiger partial charge on any atom is -0.364 e. The summed E-state index contributed by atoms with van der Waals surface area (Å²) in [6, 6.07) is 6.56. The Morgan fingerprint density at radius 1 is 1.30 bits per heavy atom. The highest BCUT2D eigenvalue weighted by molar-refractivity contribution is 5.91. The molecule has 0 radical (unpaired) electrons. The van der Waals surface area contributed by atoms with E-state index in [0.717, 1.165) is 47.4 Å². The maximum atomic E-state index is 13.4. The quantitative estimate of drug-likeness (QED) is 0.655. The number of carbonyl (C=O) groups excluding carboxylic acids is 1. The summed E-state index contributed by atoms with van der Waals surface area (Å²) in [5, 5.41) is 7.95. The Kier molecular flexibility index (Phi) is 5.22. The molecule has 0 aliphatic carbocycles. The predicted molar refractivity (Wildman–Crippen MR) is 115 cm³/mol. The lowest BCUT2D eigenvalue weighted by Gasteiger charge is -2.31. The largest absolute Gasteiger partial charge is 0.364 e. The third-order valence-electron chi connectivity index (χ3n) is 5.25. The standard InChI is InChI=1S/C23H27FN4O2/c1-14-10-19-17(25-22(14)26-21(29)12-23(2,3)4)6-5-9-28(19)13-18-16-8-7-15(24)11-20(16)30-27-18/h7-8,10-11H,5-6,9,12-13H2,1-4H3,(H,25,26,29). The molecule has 1 aromatic carbocycles. The van der Waals surface area contributed by atoms with Crippen molar-refractivity contribution in [2.75, 3.05) is 16.8 Å². The minimum atomic E-state index is -0.339. The number of pyridine rings is 1. The van der Waals surface area contributed by atoms with Gasteiger partial charge < -0.3 is 14.7 Å². The number of nitrogens with one attached hydrogen (secondary N) is 1. The number of halogens is 1. The smallest absolute Gasteiger partial charge is 0.226 e. The zero-order valence-corrected chi connectivity index (χ0v) is 17.9. The van der Waals surface area contributed by atoms with Gasteiger partial charge in [-0.2, -0.15) is 0 Å². The summed E-state index contributed by atoms with van der Waals surface area (Å²) >= 11 is 0. The second-order valence-electron chi connectivity index (χ2n) is 9.20. The molecule has 0 fully saturated rings. The van der Waals surface area contributed by atoms with Crippen LogP contribution in [-0.4, -0.2) is 22.6 Å². The topological polar surface area (TPSA) is 71.3 Å². The highest BCUT2D eigenvalue weighted by Gasteiger charge is 2.23. The molecule has 3 aromatic rings. The highest BCUT2D eigenvalue weighted by atomic mass is 19.1. The first kappa shape index (κ1) is 20.3. The maximum absolute atomic E-state index is 13.4. The molecular weight excluding hydrogens is 383 g/mol. The fourth-order valence-electron chi connectivity index (χ4n) is 3.86. The summed E-state index contributed by atoms with van der Waals surface area (Å²) in [4.78, 5) is 19.4. The minimum absolute atomic E-state index is 0.0213. The van der Waals surface area contributed by atoms with E-state index in [1.807, 2.05) is 27.7 Å². The molecule has 0 bridgehead atoms. The summed E-state index contributed by atoms with van der Waals surface area (Å²) in [6.45, 7) is 9.52. The van der Waals surface area contributed by atoms with Gasteiger partial charge >= 0.3 is 0 Å². The maximum Gasteiger partial charge on any atom is 0.226 e. The molecule has 158 valence electrons. The number of aromatic nitrogens is 2. The molecule has 1 N–H and O–H groups in total. The second kappa shape index (κ2) is 7.70. The molecule has 6 nitrogen and oxygen atoms in total. The lowest BCUT2D eigenvalue weighted by molar-refractivity contribution is -0.117. The number of nitrogens with zero attached hydrogens (tertiary/aromatic N) is 3. The lowest BCUT2D eigenvalue weighted by atomic mass is 9.92. The Morgan fingerprint density at radius 3 is 2.87 bits per heavy atom. The van der Waals surface area contributed by atoms with Crippen molar-refractivity contribution in [2.24, 2.45) is 5.41 Å². The summed E-state index contributed by atoms with van der Waals surface area (Å²) in [5.74, 6) is 0.272. The number of aryl methyl sites for hydroxylation is 2. The number of rotatable bonds is 4. The molecule has 0 saturated carbocycles. The predicted octanol–water partition coefficient (Wildman–Crippen LogP) is 5.00. The molecule has 4 rings (SSSR count). The van der Waals surface area contributed by atoms with Crippen LogP contribution < -0.4 is 10.2 Å². The van der Waals surface area contributed by atoms with Crippen molar-refractivity contribution in [3.63, 3.8) is 0 Å². The van der Waals surface area contributed by atoms with E-state index < -0.39 is 0 Å². The molecular formula is C23H27FN4O2. The SMILES string of the molecule is Cc1cc2c(nc1NC(=O)CC(C)(C)C)CCCN2Cc1noc2cc(F)ccc12. The Bertz CT molecular complexity index is 1100. The van der Waals surface area contributed by atoms with Crippen LogP contribution in [0.1, 0.15) is 50.6 Å². The first-order chi connectivity index (χ1) is 14.2. The fraction of sp³-hybridized carbons (Fsp3) is 0.435. The molecule has 3 heterocycles. The van der Waals surface area contributed by atoms with Crippen LogP contribution in [0.2, 0.25) is 0 Å². The Labute approximate surface area is 175 Å². The van der Waals surface area contributed by atoms with Crippen molar-refractivity contribution >= 4 is 28.4 Å². The molecule has 7 heteroatoms. The van der Waals surface area contributed by atoms with Gasteiger partial charge in [-0.15, -0.1) is 0 Å². The first-order valence-corrected chi connectivity index (χ1v) is 10.3. The van der Waals surface area contributed by atoms with Gasteiger partial charge in [-0.1, -0.05) is 25.9 Å². The monoisotopic (exact) mass is 410 g/mol. The van der Waals surface area contributed by atoms with E-state index >= 15 is 0 Å². The molecule has 0 spiro atoms. The van der Waals surface area contributed by atoms with Crippen LogP contribution in [0.15, 0.2) is 28.8 Å². The van der Waals surface area contributed by atoms with Crippen molar-refractivity contribution in [2.45, 2.75) is 53.5 Å². The van der Waals surface area contributed by atoms with Gasteiger partial charge in [0.2, 0.25) is 5.91 Å². The van der Waals surface area contributed by atoms with Crippen LogP contribution in [0.5, 0.6) is 0 Å². The van der Waals surface area contributed by atoms with Crippen molar-refractivity contribution in [3.8, 4) is 0 Å². The van der Waals surface area contributed by atoms with Gasteiger partial charge in [-0.3, -0.25) is 4.79 Å². The van der Waals surface area contributed by atoms with Crippen molar-refractivity contribution in [1.82, 2.24) is 10.1 Å². The van der Waals surface area contributed by atoms with E-state index in [2.05, 4.69) is 21.4 Å². The zero-order chi connectivity index (χ0) is 21.5. The third-order valence-corrected chi connectivity index (χ3v) is 5.25. The Hall–Kier alpha value is -2.96. The van der Waals surface area contributed by atoms with Gasteiger partial charge in [-0.05, 0) is 48.9 Å². The number of hydrogen-bond donors (Lipinski definition) is 1. The molecule has 1 amide bonds. The van der Waals surface area contributed by atoms with E-state index in [1.54, 1.807) is 6.07 Å². The lowest BCUT2D eigenvalue weighted by Crippen LogP contribution is -2.30. The zero-order valence-electron chi connectivity index (χ0n) is 17.9. The van der Waals surface area contributed by atoms with Crippen molar-refractivity contribution < 1.29 is 13.7 Å². The van der Waals surface area contributed by atoms with E-state index in [9.17, 15) is 9.18 Å². The number of anilines is 2. The average Bonchev–Trinajstić information content (AvgIpc) is 3.03. The number of amides is 1. The summed E-state index contributed by atoms with van der Waals surface area (Å²) in [5.41, 5.74) is 4.09. The van der Waals surface area contributed by atoms with Gasteiger partial charge in [0.15, 0.2) is 5.58 Å². The normalized spacial score (nSPS) is 14.1. The number of carbonyl (C=O) groups is 1. The van der Waals surface area contributed by atoms with Crippen LogP contribution in [-0.2, 0) is 17.8 Å². The van der Waals surface area contributed by atoms with Crippen LogP contribution in [0, 0.1) is 18.2 Å². The first-order valence-electron chi connectivity index (χ1n) is 10.3. The molecule has 30 heavy (non-hydrogen) atoms. The fourth-order valence-corrected chi connectivity index (χ4v) is 3.86.